The second-order valence-electron chi connectivity index (χ2n) is 4.64. The van der Waals surface area contributed by atoms with Gasteiger partial charge < -0.3 is 19.9 Å². The molecule has 0 aromatic heterocycles. The van der Waals surface area contributed by atoms with Crippen LogP contribution in [0.2, 0.25) is 0 Å². The van der Waals surface area contributed by atoms with Gasteiger partial charge in [-0.3, -0.25) is 0 Å². The number of aliphatic hydroxyl groups excluding tert-OH is 1. The van der Waals surface area contributed by atoms with Gasteiger partial charge in [-0.15, -0.1) is 0 Å². The van der Waals surface area contributed by atoms with Crippen LogP contribution in [-0.2, 0) is 4.74 Å². The van der Waals surface area contributed by atoms with Gasteiger partial charge in [0.05, 0.1) is 0 Å². The number of nitrogens with one attached hydrogen (secondary N) is 1. The molecule has 0 aliphatic rings. The topological polar surface area (TPSA) is 50.7 Å². The van der Waals surface area contributed by atoms with E-state index < -0.39 is 6.10 Å². The molecule has 2 atom stereocenters. The summed E-state index contributed by atoms with van der Waals surface area (Å²) in [7, 11) is 1.69. The van der Waals surface area contributed by atoms with Gasteiger partial charge >= 0.3 is 0 Å². The lowest BCUT2D eigenvalue weighted by atomic mass is 10.2. The Morgan fingerprint density at radius 1 is 1.21 bits per heavy atom. The van der Waals surface area contributed by atoms with Gasteiger partial charge in [-0.2, -0.15) is 0 Å². The van der Waals surface area contributed by atoms with E-state index in [-0.39, 0.29) is 6.61 Å². The standard InChI is InChI=1S/C14H22BrNO3/c1-11(9-18-2)7-16-8-13(17)10-19-14-5-3-12(15)4-6-14/h3-6,11,13,16-17H,7-10H2,1-2H3. The van der Waals surface area contributed by atoms with Crippen molar-refractivity contribution in [1.82, 2.24) is 5.32 Å². The van der Waals surface area contributed by atoms with E-state index in [4.69, 9.17) is 9.47 Å². The molecule has 0 aliphatic heterocycles. The van der Waals surface area contributed by atoms with E-state index >= 15 is 0 Å². The highest BCUT2D eigenvalue weighted by molar-refractivity contribution is 9.10. The van der Waals surface area contributed by atoms with Crippen molar-refractivity contribution in [3.8, 4) is 5.75 Å². The van der Waals surface area contributed by atoms with E-state index in [1.165, 1.54) is 0 Å². The molecular weight excluding hydrogens is 310 g/mol. The minimum atomic E-state index is -0.515. The Morgan fingerprint density at radius 2 is 1.89 bits per heavy atom. The van der Waals surface area contributed by atoms with Gasteiger partial charge in [-0.25, -0.2) is 0 Å². The second kappa shape index (κ2) is 9.31. The molecule has 0 radical (unpaired) electrons. The van der Waals surface area contributed by atoms with Crippen molar-refractivity contribution in [2.24, 2.45) is 5.92 Å². The normalized spacial score (nSPS) is 14.1. The molecule has 0 saturated carbocycles. The zero-order valence-corrected chi connectivity index (χ0v) is 13.0. The molecule has 1 aromatic carbocycles. The van der Waals surface area contributed by atoms with E-state index in [0.717, 1.165) is 23.4 Å². The van der Waals surface area contributed by atoms with E-state index in [1.807, 2.05) is 24.3 Å². The Balaban J connectivity index is 2.14. The summed E-state index contributed by atoms with van der Waals surface area (Å²) in [4.78, 5) is 0. The molecule has 1 aromatic rings. The molecule has 0 amide bonds. The first-order valence-electron chi connectivity index (χ1n) is 6.38. The van der Waals surface area contributed by atoms with Gasteiger partial charge in [0, 0.05) is 24.7 Å². The largest absolute Gasteiger partial charge is 0.491 e. The Hall–Kier alpha value is -0.620. The smallest absolute Gasteiger partial charge is 0.119 e. The average Bonchev–Trinajstić information content (AvgIpc) is 2.38. The van der Waals surface area contributed by atoms with Crippen molar-refractivity contribution in [2.45, 2.75) is 13.0 Å². The highest BCUT2D eigenvalue weighted by Gasteiger charge is 2.06. The van der Waals surface area contributed by atoms with Crippen LogP contribution in [0, 0.1) is 5.92 Å². The van der Waals surface area contributed by atoms with Crippen LogP contribution in [0.1, 0.15) is 6.92 Å². The molecule has 0 saturated heterocycles. The maximum atomic E-state index is 9.78. The molecule has 0 spiro atoms. The van der Waals surface area contributed by atoms with Gasteiger partial charge in [-0.1, -0.05) is 22.9 Å². The third-order valence-corrected chi connectivity index (χ3v) is 3.11. The molecule has 2 unspecified atom stereocenters. The zero-order chi connectivity index (χ0) is 14.1. The van der Waals surface area contributed by atoms with Crippen molar-refractivity contribution in [3.63, 3.8) is 0 Å². The fourth-order valence-corrected chi connectivity index (χ4v) is 1.89. The van der Waals surface area contributed by atoms with Crippen LogP contribution in [0.3, 0.4) is 0 Å². The highest BCUT2D eigenvalue weighted by Crippen LogP contribution is 2.16. The number of hydrogen-bond donors (Lipinski definition) is 2. The monoisotopic (exact) mass is 331 g/mol. The van der Waals surface area contributed by atoms with E-state index in [9.17, 15) is 5.11 Å². The van der Waals surface area contributed by atoms with Crippen LogP contribution in [0.4, 0.5) is 0 Å². The molecule has 5 heteroatoms. The first kappa shape index (κ1) is 16.4. The summed E-state index contributed by atoms with van der Waals surface area (Å²) < 4.78 is 11.5. The maximum absolute atomic E-state index is 9.78. The minimum absolute atomic E-state index is 0.285. The quantitative estimate of drug-likeness (QED) is 0.727. The van der Waals surface area contributed by atoms with Crippen LogP contribution < -0.4 is 10.1 Å². The lowest BCUT2D eigenvalue weighted by Gasteiger charge is -2.15. The van der Waals surface area contributed by atoms with E-state index in [2.05, 4.69) is 28.2 Å². The summed E-state index contributed by atoms with van der Waals surface area (Å²) in [6.45, 7) is 4.45. The van der Waals surface area contributed by atoms with Crippen LogP contribution >= 0.6 is 15.9 Å². The van der Waals surface area contributed by atoms with Crippen molar-refractivity contribution in [1.29, 1.82) is 0 Å². The summed E-state index contributed by atoms with van der Waals surface area (Å²) in [6, 6.07) is 7.55. The Kier molecular flexibility index (Phi) is 8.05. The lowest BCUT2D eigenvalue weighted by Crippen LogP contribution is -2.34. The lowest BCUT2D eigenvalue weighted by molar-refractivity contribution is 0.102. The van der Waals surface area contributed by atoms with Gasteiger partial charge in [-0.05, 0) is 36.7 Å². The summed E-state index contributed by atoms with van der Waals surface area (Å²) in [5.41, 5.74) is 0. The Labute approximate surface area is 123 Å². The van der Waals surface area contributed by atoms with Crippen molar-refractivity contribution in [3.05, 3.63) is 28.7 Å². The molecule has 0 fully saturated rings. The van der Waals surface area contributed by atoms with Crippen molar-refractivity contribution >= 4 is 15.9 Å². The summed E-state index contributed by atoms with van der Waals surface area (Å²) in [5, 5.41) is 13.0. The van der Waals surface area contributed by atoms with Crippen molar-refractivity contribution < 1.29 is 14.6 Å². The first-order valence-corrected chi connectivity index (χ1v) is 7.17. The predicted octanol–water partition coefficient (Wildman–Crippen LogP) is 2.06. The number of benzene rings is 1. The summed E-state index contributed by atoms with van der Waals surface area (Å²) in [5.74, 6) is 1.19. The van der Waals surface area contributed by atoms with Gasteiger partial charge in [0.15, 0.2) is 0 Å². The van der Waals surface area contributed by atoms with E-state index in [1.54, 1.807) is 7.11 Å². The molecular formula is C14H22BrNO3. The fraction of sp³-hybridized carbons (Fsp3) is 0.571. The van der Waals surface area contributed by atoms with Crippen LogP contribution in [0.5, 0.6) is 5.75 Å². The molecule has 0 aliphatic carbocycles. The molecule has 0 heterocycles. The number of hydrogen-bond acceptors (Lipinski definition) is 4. The summed E-state index contributed by atoms with van der Waals surface area (Å²) >= 11 is 3.36. The molecule has 1 rings (SSSR count). The second-order valence-corrected chi connectivity index (χ2v) is 5.55. The van der Waals surface area contributed by atoms with Gasteiger partial charge in [0.1, 0.15) is 18.5 Å². The Morgan fingerprint density at radius 3 is 2.53 bits per heavy atom. The van der Waals surface area contributed by atoms with E-state index in [0.29, 0.717) is 12.5 Å². The Bertz CT molecular complexity index is 345. The van der Waals surface area contributed by atoms with Crippen LogP contribution in [0.15, 0.2) is 28.7 Å². The summed E-state index contributed by atoms with van der Waals surface area (Å²) in [6.07, 6.45) is -0.515. The number of ether oxygens (including phenoxy) is 2. The maximum Gasteiger partial charge on any atom is 0.119 e. The number of halogens is 1. The molecule has 4 nitrogen and oxygen atoms in total. The number of aliphatic hydroxyl groups is 1. The van der Waals surface area contributed by atoms with Crippen molar-refractivity contribution in [2.75, 3.05) is 33.4 Å². The number of rotatable bonds is 9. The molecule has 108 valence electrons. The van der Waals surface area contributed by atoms with Crippen LogP contribution in [-0.4, -0.2) is 44.6 Å². The highest BCUT2D eigenvalue weighted by atomic mass is 79.9. The first-order chi connectivity index (χ1) is 9.11. The molecule has 2 N–H and O–H groups in total. The van der Waals surface area contributed by atoms with Gasteiger partial charge in [0.2, 0.25) is 0 Å². The third kappa shape index (κ3) is 7.52. The SMILES string of the molecule is COCC(C)CNCC(O)COc1ccc(Br)cc1. The minimum Gasteiger partial charge on any atom is -0.491 e. The third-order valence-electron chi connectivity index (χ3n) is 2.58. The molecule has 19 heavy (non-hydrogen) atoms. The zero-order valence-electron chi connectivity index (χ0n) is 11.4. The fourth-order valence-electron chi connectivity index (χ4n) is 1.62. The molecule has 0 bridgehead atoms. The van der Waals surface area contributed by atoms with Gasteiger partial charge in [0.25, 0.3) is 0 Å². The van der Waals surface area contributed by atoms with Crippen LogP contribution in [0.25, 0.3) is 0 Å². The predicted molar refractivity (Wildman–Crippen MR) is 79.6 cm³/mol. The number of methoxy groups -OCH3 is 1. The average molecular weight is 332 g/mol.